The fourth-order valence-electron chi connectivity index (χ4n) is 2.25. The van der Waals surface area contributed by atoms with Crippen LogP contribution >= 0.6 is 0 Å². The lowest BCUT2D eigenvalue weighted by Gasteiger charge is -2.30. The van der Waals surface area contributed by atoms with E-state index in [4.69, 9.17) is 5.73 Å². The molecule has 3 nitrogen and oxygen atoms in total. The molecule has 0 saturated heterocycles. The molecule has 1 amide bonds. The highest BCUT2D eigenvalue weighted by molar-refractivity contribution is 5.79. The molecule has 0 spiro atoms. The summed E-state index contributed by atoms with van der Waals surface area (Å²) in [5, 5.41) is 3.31. The van der Waals surface area contributed by atoms with Crippen molar-refractivity contribution in [2.75, 3.05) is 0 Å². The largest absolute Gasteiger partial charge is 0.368 e. The average molecular weight is 198 g/mol. The summed E-state index contributed by atoms with van der Waals surface area (Å²) in [6, 6.07) is 0.312. The predicted octanol–water partition coefficient (Wildman–Crippen LogP) is 1.42. The lowest BCUT2D eigenvalue weighted by Crippen LogP contribution is -2.46. The van der Waals surface area contributed by atoms with Crippen LogP contribution in [0.5, 0.6) is 0 Å². The highest BCUT2D eigenvalue weighted by Gasteiger charge is 2.22. The van der Waals surface area contributed by atoms with Crippen molar-refractivity contribution in [2.45, 2.75) is 58.0 Å². The molecule has 3 N–H and O–H groups in total. The van der Waals surface area contributed by atoms with Gasteiger partial charge in [0, 0.05) is 6.04 Å². The van der Waals surface area contributed by atoms with Crippen molar-refractivity contribution in [1.29, 1.82) is 0 Å². The number of amides is 1. The van der Waals surface area contributed by atoms with Gasteiger partial charge in [-0.1, -0.05) is 26.2 Å². The van der Waals surface area contributed by atoms with Crippen molar-refractivity contribution in [2.24, 2.45) is 11.7 Å². The summed E-state index contributed by atoms with van der Waals surface area (Å²) in [7, 11) is 0. The van der Waals surface area contributed by atoms with E-state index in [0.717, 1.165) is 5.92 Å². The molecular formula is C11H22N2O. The number of carbonyl (C=O) groups excluding carboxylic acids is 1. The SMILES string of the molecule is CCC1CCCC(NC(C)C(N)=O)C1. The number of nitrogens with one attached hydrogen (secondary N) is 1. The van der Waals surface area contributed by atoms with Crippen LogP contribution in [0.25, 0.3) is 0 Å². The van der Waals surface area contributed by atoms with E-state index in [2.05, 4.69) is 12.2 Å². The van der Waals surface area contributed by atoms with E-state index in [-0.39, 0.29) is 11.9 Å². The predicted molar refractivity (Wildman–Crippen MR) is 57.8 cm³/mol. The molecule has 1 aliphatic carbocycles. The van der Waals surface area contributed by atoms with Crippen LogP contribution in [-0.4, -0.2) is 18.0 Å². The number of rotatable bonds is 4. The summed E-state index contributed by atoms with van der Waals surface area (Å²) in [6.07, 6.45) is 6.27. The van der Waals surface area contributed by atoms with Crippen molar-refractivity contribution < 1.29 is 4.79 Å². The third kappa shape index (κ3) is 3.29. The van der Waals surface area contributed by atoms with Gasteiger partial charge in [0.1, 0.15) is 0 Å². The lowest BCUT2D eigenvalue weighted by atomic mass is 9.84. The Morgan fingerprint density at radius 2 is 2.29 bits per heavy atom. The number of primary amides is 1. The van der Waals surface area contributed by atoms with Crippen LogP contribution in [0.1, 0.15) is 46.0 Å². The first kappa shape index (κ1) is 11.5. The van der Waals surface area contributed by atoms with E-state index in [9.17, 15) is 4.79 Å². The van der Waals surface area contributed by atoms with Crippen molar-refractivity contribution in [3.8, 4) is 0 Å². The summed E-state index contributed by atoms with van der Waals surface area (Å²) in [6.45, 7) is 4.09. The molecule has 0 bridgehead atoms. The molecule has 0 heterocycles. The maximum atomic E-state index is 10.9. The molecule has 82 valence electrons. The van der Waals surface area contributed by atoms with Gasteiger partial charge in [-0.3, -0.25) is 4.79 Å². The zero-order chi connectivity index (χ0) is 10.6. The van der Waals surface area contributed by atoms with E-state index >= 15 is 0 Å². The summed E-state index contributed by atoms with van der Waals surface area (Å²) in [5.74, 6) is 0.588. The van der Waals surface area contributed by atoms with Crippen molar-refractivity contribution in [3.05, 3.63) is 0 Å². The number of hydrogen-bond acceptors (Lipinski definition) is 2. The fraction of sp³-hybridized carbons (Fsp3) is 0.909. The molecule has 3 unspecified atom stereocenters. The first-order valence-corrected chi connectivity index (χ1v) is 5.68. The van der Waals surface area contributed by atoms with Crippen LogP contribution < -0.4 is 11.1 Å². The fourth-order valence-corrected chi connectivity index (χ4v) is 2.25. The van der Waals surface area contributed by atoms with E-state index in [0.29, 0.717) is 6.04 Å². The third-order valence-corrected chi connectivity index (χ3v) is 3.27. The van der Waals surface area contributed by atoms with E-state index in [1.54, 1.807) is 0 Å². The van der Waals surface area contributed by atoms with Gasteiger partial charge < -0.3 is 11.1 Å². The van der Waals surface area contributed by atoms with Crippen molar-refractivity contribution in [3.63, 3.8) is 0 Å². The Bertz CT molecular complexity index is 194. The zero-order valence-corrected chi connectivity index (χ0v) is 9.25. The van der Waals surface area contributed by atoms with Crippen LogP contribution in [0.15, 0.2) is 0 Å². The standard InChI is InChI=1S/C11H22N2O/c1-3-9-5-4-6-10(7-9)13-8(2)11(12)14/h8-10,13H,3-7H2,1-2H3,(H2,12,14). The van der Waals surface area contributed by atoms with E-state index in [1.807, 2.05) is 6.92 Å². The Morgan fingerprint density at radius 1 is 1.57 bits per heavy atom. The maximum Gasteiger partial charge on any atom is 0.234 e. The average Bonchev–Trinajstić information content (AvgIpc) is 2.18. The molecule has 14 heavy (non-hydrogen) atoms. The molecule has 0 aliphatic heterocycles. The van der Waals surface area contributed by atoms with Gasteiger partial charge in [0.15, 0.2) is 0 Å². The first-order chi connectivity index (χ1) is 6.63. The molecule has 1 rings (SSSR count). The van der Waals surface area contributed by atoms with Gasteiger partial charge in [0.05, 0.1) is 6.04 Å². The van der Waals surface area contributed by atoms with Crippen LogP contribution in [-0.2, 0) is 4.79 Å². The molecule has 1 fully saturated rings. The Labute approximate surface area is 86.4 Å². The number of nitrogens with two attached hydrogens (primary N) is 1. The molecule has 3 atom stereocenters. The quantitative estimate of drug-likeness (QED) is 0.717. The monoisotopic (exact) mass is 198 g/mol. The van der Waals surface area contributed by atoms with Crippen LogP contribution in [0, 0.1) is 5.92 Å². The van der Waals surface area contributed by atoms with Crippen LogP contribution in [0.2, 0.25) is 0 Å². The summed E-state index contributed by atoms with van der Waals surface area (Å²) < 4.78 is 0. The second-order valence-corrected chi connectivity index (χ2v) is 4.43. The smallest absolute Gasteiger partial charge is 0.234 e. The van der Waals surface area contributed by atoms with Gasteiger partial charge in [-0.25, -0.2) is 0 Å². The van der Waals surface area contributed by atoms with Gasteiger partial charge in [-0.2, -0.15) is 0 Å². The second-order valence-electron chi connectivity index (χ2n) is 4.43. The van der Waals surface area contributed by atoms with Gasteiger partial charge >= 0.3 is 0 Å². The molecule has 0 aromatic carbocycles. The highest BCUT2D eigenvalue weighted by atomic mass is 16.1. The summed E-state index contributed by atoms with van der Waals surface area (Å²) in [5.41, 5.74) is 5.22. The van der Waals surface area contributed by atoms with Gasteiger partial charge in [0.2, 0.25) is 5.91 Å². The molecule has 0 radical (unpaired) electrons. The van der Waals surface area contributed by atoms with Crippen LogP contribution in [0.3, 0.4) is 0 Å². The second kappa shape index (κ2) is 5.35. The van der Waals surface area contributed by atoms with E-state index < -0.39 is 0 Å². The van der Waals surface area contributed by atoms with Crippen LogP contribution in [0.4, 0.5) is 0 Å². The highest BCUT2D eigenvalue weighted by Crippen LogP contribution is 2.26. The van der Waals surface area contributed by atoms with Crippen molar-refractivity contribution in [1.82, 2.24) is 5.32 Å². The van der Waals surface area contributed by atoms with E-state index in [1.165, 1.54) is 32.1 Å². The minimum Gasteiger partial charge on any atom is -0.368 e. The zero-order valence-electron chi connectivity index (χ0n) is 9.25. The maximum absolute atomic E-state index is 10.9. The number of carbonyl (C=O) groups is 1. The summed E-state index contributed by atoms with van der Waals surface area (Å²) in [4.78, 5) is 10.9. The topological polar surface area (TPSA) is 55.1 Å². The third-order valence-electron chi connectivity index (χ3n) is 3.27. The molecule has 3 heteroatoms. The molecule has 1 saturated carbocycles. The molecular weight excluding hydrogens is 176 g/mol. The Hall–Kier alpha value is -0.570. The Balaban J connectivity index is 2.33. The summed E-state index contributed by atoms with van der Waals surface area (Å²) >= 11 is 0. The van der Waals surface area contributed by atoms with Gasteiger partial charge in [-0.05, 0) is 25.7 Å². The minimum atomic E-state index is -0.247. The lowest BCUT2D eigenvalue weighted by molar-refractivity contribution is -0.119. The molecule has 1 aliphatic rings. The normalized spacial score (nSPS) is 29.9. The van der Waals surface area contributed by atoms with Crippen molar-refractivity contribution >= 4 is 5.91 Å². The van der Waals surface area contributed by atoms with Gasteiger partial charge in [0.25, 0.3) is 0 Å². The first-order valence-electron chi connectivity index (χ1n) is 5.68. The Morgan fingerprint density at radius 3 is 2.86 bits per heavy atom. The molecule has 0 aromatic rings. The van der Waals surface area contributed by atoms with Gasteiger partial charge in [-0.15, -0.1) is 0 Å². The molecule has 0 aromatic heterocycles. The Kier molecular flexibility index (Phi) is 4.39. The number of hydrogen-bond donors (Lipinski definition) is 2. The minimum absolute atomic E-state index is 0.185.